The van der Waals surface area contributed by atoms with E-state index in [1.54, 1.807) is 26.0 Å². The highest BCUT2D eigenvalue weighted by Crippen LogP contribution is 2.61. The van der Waals surface area contributed by atoms with Gasteiger partial charge in [0.1, 0.15) is 12.4 Å². The molecule has 0 fully saturated rings. The molecule has 0 radical (unpaired) electrons. The van der Waals surface area contributed by atoms with Crippen LogP contribution in [-0.2, 0) is 13.9 Å². The third-order valence-corrected chi connectivity index (χ3v) is 7.56. The maximum atomic E-state index is 13.9. The van der Waals surface area contributed by atoms with Crippen LogP contribution in [0.15, 0.2) is 29.4 Å². The van der Waals surface area contributed by atoms with E-state index in [-0.39, 0.29) is 16.7 Å². The molecule has 0 N–H and O–H groups in total. The molecule has 1 aromatic carbocycles. The van der Waals surface area contributed by atoms with Crippen molar-refractivity contribution in [3.8, 4) is 0 Å². The van der Waals surface area contributed by atoms with Gasteiger partial charge in [-0.2, -0.15) is 0 Å². The zero-order valence-corrected chi connectivity index (χ0v) is 14.4. The van der Waals surface area contributed by atoms with Crippen LogP contribution in [0.1, 0.15) is 33.3 Å². The third kappa shape index (κ3) is 5.71. The molecule has 0 aromatic heterocycles. The molecule has 0 saturated carbocycles. The van der Waals surface area contributed by atoms with Crippen molar-refractivity contribution >= 4 is 23.9 Å². The Labute approximate surface area is 129 Å². The quantitative estimate of drug-likeness (QED) is 0.308. The molecule has 1 unspecified atom stereocenters. The summed E-state index contributed by atoms with van der Waals surface area (Å²) >= 11 is 1.24. The van der Waals surface area contributed by atoms with Crippen molar-refractivity contribution in [2.75, 3.05) is 12.8 Å². The second-order valence-electron chi connectivity index (χ2n) is 4.47. The molecule has 0 saturated heterocycles. The van der Waals surface area contributed by atoms with Gasteiger partial charge >= 0.3 is 6.57 Å². The van der Waals surface area contributed by atoms with Crippen molar-refractivity contribution in [3.05, 3.63) is 35.6 Å². The Kier molecular flexibility index (Phi) is 7.26. The van der Waals surface area contributed by atoms with E-state index in [1.807, 2.05) is 13.8 Å². The van der Waals surface area contributed by atoms with Gasteiger partial charge < -0.3 is 9.36 Å². The van der Waals surface area contributed by atoms with Gasteiger partial charge in [0.25, 0.3) is 5.90 Å². The fourth-order valence-electron chi connectivity index (χ4n) is 1.49. The second-order valence-corrected chi connectivity index (χ2v) is 9.96. The van der Waals surface area contributed by atoms with Gasteiger partial charge in [0.05, 0.1) is 5.56 Å². The predicted molar refractivity (Wildman–Crippen MR) is 86.5 cm³/mol. The Hall–Kier alpha value is -1.00. The average molecular weight is 333 g/mol. The monoisotopic (exact) mass is 333 g/mol. The molecule has 0 amide bonds. The molecule has 1 atom stereocenters. The molecule has 118 valence electrons. The molecule has 0 bridgehead atoms. The molecule has 0 heterocycles. The van der Waals surface area contributed by atoms with Crippen molar-refractivity contribution in [2.24, 2.45) is 5.16 Å². The fourth-order valence-corrected chi connectivity index (χ4v) is 5.56. The Bertz CT molecular complexity index is 537. The first-order chi connectivity index (χ1) is 9.91. The Balaban J connectivity index is 3.10. The van der Waals surface area contributed by atoms with Crippen molar-refractivity contribution in [1.82, 2.24) is 0 Å². The van der Waals surface area contributed by atoms with Gasteiger partial charge in [0.2, 0.25) is 0 Å². The number of halogens is 1. The van der Waals surface area contributed by atoms with Gasteiger partial charge in [0.15, 0.2) is 0 Å². The summed E-state index contributed by atoms with van der Waals surface area (Å²) in [6.45, 7) is 4.70. The van der Waals surface area contributed by atoms with E-state index in [0.717, 1.165) is 0 Å². The van der Waals surface area contributed by atoms with Gasteiger partial charge in [-0.15, -0.1) is 0 Å². The molecular weight excluding hydrogens is 312 g/mol. The smallest absolute Gasteiger partial charge is 0.304 e. The van der Waals surface area contributed by atoms with Crippen LogP contribution in [0.3, 0.4) is 0 Å². The molecule has 4 nitrogen and oxygen atoms in total. The first-order valence-corrected chi connectivity index (χ1v) is 10.1. The van der Waals surface area contributed by atoms with Crippen LogP contribution >= 0.6 is 18.0 Å². The van der Waals surface area contributed by atoms with Crippen molar-refractivity contribution in [3.63, 3.8) is 0 Å². The Morgan fingerprint density at radius 2 is 2.05 bits per heavy atom. The number of oxime groups is 1. The van der Waals surface area contributed by atoms with E-state index in [0.29, 0.717) is 12.8 Å². The number of rotatable bonds is 7. The van der Waals surface area contributed by atoms with E-state index in [9.17, 15) is 8.96 Å². The maximum absolute atomic E-state index is 13.9. The fraction of sp³-hybridized carbons (Fsp3) is 0.500. The highest BCUT2D eigenvalue weighted by Gasteiger charge is 2.28. The van der Waals surface area contributed by atoms with Gasteiger partial charge in [0, 0.05) is 11.4 Å². The molecule has 7 heteroatoms. The lowest BCUT2D eigenvalue weighted by molar-refractivity contribution is 0.153. The van der Waals surface area contributed by atoms with E-state index in [1.165, 1.54) is 23.5 Å². The highest BCUT2D eigenvalue weighted by atomic mass is 32.7. The molecule has 1 rings (SSSR count). The second kappa shape index (κ2) is 8.44. The number of hydrogen-bond donors (Lipinski definition) is 0. The molecule has 1 aromatic rings. The van der Waals surface area contributed by atoms with E-state index >= 15 is 0 Å². The molecule has 21 heavy (non-hydrogen) atoms. The summed E-state index contributed by atoms with van der Waals surface area (Å²) in [7, 11) is 0. The highest BCUT2D eigenvalue weighted by molar-refractivity contribution is 8.56. The van der Waals surface area contributed by atoms with E-state index < -0.39 is 12.4 Å². The summed E-state index contributed by atoms with van der Waals surface area (Å²) < 4.78 is 32.2. The van der Waals surface area contributed by atoms with Crippen LogP contribution in [0.5, 0.6) is 0 Å². The molecule has 0 spiro atoms. The minimum atomic E-state index is -3.00. The summed E-state index contributed by atoms with van der Waals surface area (Å²) in [5, 5.41) is 3.91. The maximum Gasteiger partial charge on any atom is 0.304 e. The zero-order chi connectivity index (χ0) is 15.9. The summed E-state index contributed by atoms with van der Waals surface area (Å²) in [5.74, 6) is -0.568. The van der Waals surface area contributed by atoms with Crippen molar-refractivity contribution in [2.45, 2.75) is 32.9 Å². The largest absolute Gasteiger partial charge is 0.414 e. The van der Waals surface area contributed by atoms with Gasteiger partial charge in [-0.25, -0.2) is 4.39 Å². The van der Waals surface area contributed by atoms with Crippen LogP contribution in [-0.4, -0.2) is 23.9 Å². The van der Waals surface area contributed by atoms with E-state index in [2.05, 4.69) is 5.16 Å². The van der Waals surface area contributed by atoms with E-state index in [4.69, 9.17) is 9.36 Å². The van der Waals surface area contributed by atoms with Gasteiger partial charge in [-0.05, 0) is 24.2 Å². The van der Waals surface area contributed by atoms with Crippen molar-refractivity contribution < 1.29 is 18.3 Å². The summed E-state index contributed by atoms with van der Waals surface area (Å²) in [6, 6.07) is 6.05. The molecule has 0 aliphatic carbocycles. The zero-order valence-electron chi connectivity index (χ0n) is 12.7. The lowest BCUT2D eigenvalue weighted by Gasteiger charge is -2.20. The lowest BCUT2D eigenvalue weighted by Crippen LogP contribution is -2.09. The minimum absolute atomic E-state index is 0.0757. The first-order valence-electron chi connectivity index (χ1n) is 6.83. The predicted octanol–water partition coefficient (Wildman–Crippen LogP) is 4.90. The topological polar surface area (TPSA) is 47.9 Å². The average Bonchev–Trinajstić information content (AvgIpc) is 2.43. The first kappa shape index (κ1) is 18.1. The Morgan fingerprint density at radius 1 is 1.38 bits per heavy atom. The van der Waals surface area contributed by atoms with Gasteiger partial charge in [-0.1, -0.05) is 44.3 Å². The Morgan fingerprint density at radius 3 is 2.57 bits per heavy atom. The van der Waals surface area contributed by atoms with Crippen LogP contribution in [0.2, 0.25) is 0 Å². The summed E-state index contributed by atoms with van der Waals surface area (Å²) in [5.41, 5.74) is 0.143. The normalized spacial score (nSPS) is 14.9. The summed E-state index contributed by atoms with van der Waals surface area (Å²) in [6.07, 6.45) is 0.329. The van der Waals surface area contributed by atoms with Crippen molar-refractivity contribution in [1.29, 1.82) is 0 Å². The SMILES string of the molecule is CCON=C(OP(=O)(CC)SC(C)C)c1ccccc1F. The van der Waals surface area contributed by atoms with Crippen LogP contribution < -0.4 is 0 Å². The van der Waals surface area contributed by atoms with Crippen LogP contribution in [0.4, 0.5) is 4.39 Å². The minimum Gasteiger partial charge on any atom is -0.414 e. The number of benzene rings is 1. The lowest BCUT2D eigenvalue weighted by atomic mass is 10.2. The molecular formula is C14H21FNO3PS. The third-order valence-electron chi connectivity index (χ3n) is 2.37. The number of nitrogens with zero attached hydrogens (tertiary/aromatic N) is 1. The van der Waals surface area contributed by atoms with Gasteiger partial charge in [-0.3, -0.25) is 4.57 Å². The number of hydrogen-bond acceptors (Lipinski definition) is 5. The summed E-state index contributed by atoms with van der Waals surface area (Å²) in [4.78, 5) is 4.97. The molecule has 0 aliphatic rings. The van der Waals surface area contributed by atoms with Crippen LogP contribution in [0, 0.1) is 5.82 Å². The van der Waals surface area contributed by atoms with Crippen LogP contribution in [0.25, 0.3) is 0 Å². The molecule has 0 aliphatic heterocycles. The standard InChI is InChI=1S/C14H21FNO3PS/c1-5-18-16-14(12-9-7-8-10-13(12)15)19-20(17,6-2)21-11(3)4/h7-11H,5-6H2,1-4H3.